The van der Waals surface area contributed by atoms with Crippen molar-refractivity contribution in [2.24, 2.45) is 10.1 Å². The van der Waals surface area contributed by atoms with E-state index in [2.05, 4.69) is 15.1 Å². The molecule has 132 valence electrons. The first-order valence-corrected chi connectivity index (χ1v) is 9.80. The van der Waals surface area contributed by atoms with E-state index >= 15 is 0 Å². The fraction of sp³-hybridized carbons (Fsp3) is 0.375. The summed E-state index contributed by atoms with van der Waals surface area (Å²) in [6.45, 7) is 0.608. The molecule has 9 heteroatoms. The molecular formula is C16H20N6OS2. The van der Waals surface area contributed by atoms with Crippen molar-refractivity contribution < 1.29 is 4.79 Å². The number of anilines is 1. The van der Waals surface area contributed by atoms with Gasteiger partial charge in [-0.25, -0.2) is 9.98 Å². The summed E-state index contributed by atoms with van der Waals surface area (Å²) in [7, 11) is 3.79. The summed E-state index contributed by atoms with van der Waals surface area (Å²) in [5.41, 5.74) is 8.30. The van der Waals surface area contributed by atoms with Crippen LogP contribution in [-0.4, -0.2) is 63.5 Å². The maximum atomic E-state index is 11.5. The summed E-state index contributed by atoms with van der Waals surface area (Å²) in [5.74, 6) is 0.491. The highest BCUT2D eigenvalue weighted by Gasteiger charge is 2.43. The van der Waals surface area contributed by atoms with Gasteiger partial charge in [-0.05, 0) is 24.0 Å². The molecule has 1 aromatic heterocycles. The lowest BCUT2D eigenvalue weighted by molar-refractivity contribution is -0.106. The standard InChI is InChI=1S/C16H20N6OS2/c1-21(8-10-4-5-18-13(17)6-10)19-7-11-12(9-23)22(2)15-14(11)25-16(20-15)24-3/h4-7,9,14-15H,8H2,1-3H3,(H2,17,18)/b19-7-. The van der Waals surface area contributed by atoms with Crippen LogP contribution in [0.1, 0.15) is 5.56 Å². The third-order valence-corrected chi connectivity index (χ3v) is 6.35. The lowest BCUT2D eigenvalue weighted by Crippen LogP contribution is -2.28. The van der Waals surface area contributed by atoms with Crippen LogP contribution in [0.15, 0.2) is 39.7 Å². The second-order valence-electron chi connectivity index (χ2n) is 5.77. The Hall–Kier alpha value is -2.00. The van der Waals surface area contributed by atoms with Gasteiger partial charge >= 0.3 is 0 Å². The van der Waals surface area contributed by atoms with Crippen LogP contribution in [0.25, 0.3) is 0 Å². The van der Waals surface area contributed by atoms with E-state index in [4.69, 9.17) is 5.73 Å². The number of pyridine rings is 1. The second-order valence-corrected chi connectivity index (χ2v) is 7.95. The summed E-state index contributed by atoms with van der Waals surface area (Å²) in [5, 5.41) is 6.43. The minimum Gasteiger partial charge on any atom is -0.384 e. The number of nitrogens with zero attached hydrogens (tertiary/aromatic N) is 5. The number of allylic oxidation sites excluding steroid dienone is 1. The maximum Gasteiger partial charge on any atom is 0.166 e. The van der Waals surface area contributed by atoms with Crippen molar-refractivity contribution in [1.29, 1.82) is 0 Å². The number of nitrogens with two attached hydrogens (primary N) is 1. The zero-order valence-corrected chi connectivity index (χ0v) is 15.9. The third-order valence-electron chi connectivity index (χ3n) is 4.05. The number of aliphatic imine (C=N–C) groups is 1. The molecule has 25 heavy (non-hydrogen) atoms. The largest absolute Gasteiger partial charge is 0.384 e. The number of fused-ring (bicyclic) bond motifs is 1. The van der Waals surface area contributed by atoms with Crippen molar-refractivity contribution >= 4 is 46.2 Å². The normalized spacial score (nSPS) is 22.5. The van der Waals surface area contributed by atoms with E-state index < -0.39 is 0 Å². The molecule has 3 heterocycles. The van der Waals surface area contributed by atoms with Crippen LogP contribution in [0.5, 0.6) is 0 Å². The minimum atomic E-state index is -0.0283. The monoisotopic (exact) mass is 376 g/mol. The molecule has 2 aliphatic rings. The molecule has 2 N–H and O–H groups in total. The van der Waals surface area contributed by atoms with Crippen molar-refractivity contribution in [2.45, 2.75) is 18.0 Å². The Kier molecular flexibility index (Phi) is 5.33. The van der Waals surface area contributed by atoms with Crippen LogP contribution in [0.2, 0.25) is 0 Å². The molecule has 1 aromatic rings. The van der Waals surface area contributed by atoms with Gasteiger partial charge in [-0.15, -0.1) is 11.8 Å². The number of carbonyl (C=O) groups is 1. The molecule has 0 bridgehead atoms. The van der Waals surface area contributed by atoms with Gasteiger partial charge in [-0.1, -0.05) is 11.8 Å². The first-order valence-electron chi connectivity index (χ1n) is 7.69. The SMILES string of the molecule is CSC1=NC2C(S1)C(/C=N\N(C)Cc1ccnc(N)c1)=C(C=O)N2C. The van der Waals surface area contributed by atoms with E-state index in [0.29, 0.717) is 18.1 Å². The Morgan fingerprint density at radius 3 is 3.04 bits per heavy atom. The predicted octanol–water partition coefficient (Wildman–Crippen LogP) is 1.64. The molecule has 2 atom stereocenters. The number of hydrogen-bond donors (Lipinski definition) is 1. The molecule has 2 unspecified atom stereocenters. The molecule has 0 aliphatic carbocycles. The van der Waals surface area contributed by atoms with Gasteiger partial charge in [0, 0.05) is 25.9 Å². The lowest BCUT2D eigenvalue weighted by atomic mass is 10.2. The fourth-order valence-electron chi connectivity index (χ4n) is 2.83. The van der Waals surface area contributed by atoms with Crippen LogP contribution < -0.4 is 5.73 Å². The zero-order valence-electron chi connectivity index (χ0n) is 14.3. The number of thioether (sulfide) groups is 2. The highest BCUT2D eigenvalue weighted by atomic mass is 32.2. The Morgan fingerprint density at radius 1 is 1.56 bits per heavy atom. The molecule has 0 spiro atoms. The first-order chi connectivity index (χ1) is 12.0. The van der Waals surface area contributed by atoms with E-state index in [1.807, 2.05) is 42.4 Å². The van der Waals surface area contributed by atoms with Crippen molar-refractivity contribution in [2.75, 3.05) is 26.1 Å². The van der Waals surface area contributed by atoms with Gasteiger partial charge in [0.1, 0.15) is 16.4 Å². The van der Waals surface area contributed by atoms with Gasteiger partial charge in [-0.2, -0.15) is 5.10 Å². The van der Waals surface area contributed by atoms with Crippen LogP contribution in [0.3, 0.4) is 0 Å². The number of hydrogen-bond acceptors (Lipinski definition) is 9. The van der Waals surface area contributed by atoms with E-state index in [9.17, 15) is 4.79 Å². The maximum absolute atomic E-state index is 11.5. The summed E-state index contributed by atoms with van der Waals surface area (Å²) in [6, 6.07) is 3.73. The molecule has 3 rings (SSSR count). The van der Waals surface area contributed by atoms with E-state index in [1.165, 1.54) is 0 Å². The van der Waals surface area contributed by atoms with Gasteiger partial charge in [0.2, 0.25) is 0 Å². The topological polar surface area (TPSA) is 87.2 Å². The van der Waals surface area contributed by atoms with E-state index in [0.717, 1.165) is 21.8 Å². The van der Waals surface area contributed by atoms with Crippen molar-refractivity contribution in [3.8, 4) is 0 Å². The number of hydrazone groups is 1. The average molecular weight is 377 g/mol. The number of rotatable bonds is 5. The fourth-order valence-corrected chi connectivity index (χ4v) is 4.80. The van der Waals surface area contributed by atoms with Crippen LogP contribution in [0, 0.1) is 0 Å². The lowest BCUT2D eigenvalue weighted by Gasteiger charge is -2.18. The van der Waals surface area contributed by atoms with Gasteiger partial charge < -0.3 is 10.6 Å². The molecular weight excluding hydrogens is 356 g/mol. The van der Waals surface area contributed by atoms with Crippen LogP contribution >= 0.6 is 23.5 Å². The molecule has 0 saturated carbocycles. The second kappa shape index (κ2) is 7.49. The number of aromatic nitrogens is 1. The Balaban J connectivity index is 1.74. The molecule has 0 saturated heterocycles. The van der Waals surface area contributed by atoms with Crippen molar-refractivity contribution in [3.05, 3.63) is 35.2 Å². The molecule has 0 fully saturated rings. The van der Waals surface area contributed by atoms with Crippen LogP contribution in [0.4, 0.5) is 5.82 Å². The molecule has 0 aromatic carbocycles. The van der Waals surface area contributed by atoms with Gasteiger partial charge in [-0.3, -0.25) is 9.80 Å². The number of nitrogen functional groups attached to an aromatic ring is 1. The molecule has 7 nitrogen and oxygen atoms in total. The molecule has 0 radical (unpaired) electrons. The van der Waals surface area contributed by atoms with E-state index in [1.54, 1.807) is 35.9 Å². The Labute approximate surface area is 155 Å². The number of aldehydes is 1. The number of carbonyl (C=O) groups excluding carboxylic acids is 1. The Morgan fingerprint density at radius 2 is 2.36 bits per heavy atom. The highest BCUT2D eigenvalue weighted by Crippen LogP contribution is 2.42. The predicted molar refractivity (Wildman–Crippen MR) is 106 cm³/mol. The summed E-state index contributed by atoms with van der Waals surface area (Å²) in [4.78, 5) is 22.1. The van der Waals surface area contributed by atoms with Gasteiger partial charge in [0.05, 0.1) is 23.7 Å². The van der Waals surface area contributed by atoms with E-state index in [-0.39, 0.29) is 11.4 Å². The number of likely N-dealkylation sites (N-methyl/N-ethyl adjacent to an activating group) is 1. The summed E-state index contributed by atoms with van der Waals surface area (Å²) < 4.78 is 1.04. The van der Waals surface area contributed by atoms with Crippen molar-refractivity contribution in [3.63, 3.8) is 0 Å². The van der Waals surface area contributed by atoms with Gasteiger partial charge in [0.15, 0.2) is 6.29 Å². The third kappa shape index (κ3) is 3.67. The average Bonchev–Trinajstić information content (AvgIpc) is 3.11. The quantitative estimate of drug-likeness (QED) is 0.475. The summed E-state index contributed by atoms with van der Waals surface area (Å²) in [6.07, 6.45) is 6.33. The first kappa shape index (κ1) is 17.8. The van der Waals surface area contributed by atoms with Gasteiger partial charge in [0.25, 0.3) is 0 Å². The van der Waals surface area contributed by atoms with Crippen LogP contribution in [-0.2, 0) is 11.3 Å². The Bertz CT molecular complexity index is 763. The zero-order chi connectivity index (χ0) is 18.0. The molecule has 2 aliphatic heterocycles. The van der Waals surface area contributed by atoms with Crippen molar-refractivity contribution in [1.82, 2.24) is 14.9 Å². The highest BCUT2D eigenvalue weighted by molar-refractivity contribution is 8.39. The smallest absolute Gasteiger partial charge is 0.166 e. The molecule has 0 amide bonds. The minimum absolute atomic E-state index is 0.0283. The summed E-state index contributed by atoms with van der Waals surface area (Å²) >= 11 is 3.32.